The first-order chi connectivity index (χ1) is 7.29. The standard InChI is InChI=1S/C10H17N3OS/c1-2-3-8(14)6-11-10-12-9(13-15-10)7-4-5-7/h7-8,14H,2-6H2,1H3,(H,11,12,13). The number of hydrogen-bond acceptors (Lipinski definition) is 5. The molecule has 15 heavy (non-hydrogen) atoms. The van der Waals surface area contributed by atoms with E-state index in [2.05, 4.69) is 21.6 Å². The fourth-order valence-electron chi connectivity index (χ4n) is 1.45. The van der Waals surface area contributed by atoms with Crippen molar-refractivity contribution in [1.29, 1.82) is 0 Å². The van der Waals surface area contributed by atoms with Crippen LogP contribution in [0.4, 0.5) is 5.13 Å². The number of nitrogens with zero attached hydrogens (tertiary/aromatic N) is 2. The molecule has 84 valence electrons. The van der Waals surface area contributed by atoms with Gasteiger partial charge in [-0.2, -0.15) is 4.37 Å². The lowest BCUT2D eigenvalue weighted by atomic mass is 10.2. The average Bonchev–Trinajstić information content (AvgIpc) is 2.96. The predicted octanol–water partition coefficient (Wildman–Crippen LogP) is 1.99. The largest absolute Gasteiger partial charge is 0.391 e. The number of nitrogens with one attached hydrogen (secondary N) is 1. The van der Waals surface area contributed by atoms with Crippen LogP contribution in [-0.2, 0) is 0 Å². The molecule has 0 aromatic carbocycles. The van der Waals surface area contributed by atoms with Crippen molar-refractivity contribution >= 4 is 16.7 Å². The molecule has 0 spiro atoms. The van der Waals surface area contributed by atoms with Crippen LogP contribution in [-0.4, -0.2) is 27.1 Å². The summed E-state index contributed by atoms with van der Waals surface area (Å²) >= 11 is 1.39. The quantitative estimate of drug-likeness (QED) is 0.780. The van der Waals surface area contributed by atoms with Crippen LogP contribution < -0.4 is 5.32 Å². The molecule has 2 rings (SSSR count). The molecule has 4 nitrogen and oxygen atoms in total. The number of aliphatic hydroxyl groups is 1. The highest BCUT2D eigenvalue weighted by Crippen LogP contribution is 2.39. The van der Waals surface area contributed by atoms with E-state index in [1.807, 2.05) is 0 Å². The predicted molar refractivity (Wildman–Crippen MR) is 61.3 cm³/mol. The van der Waals surface area contributed by atoms with Crippen LogP contribution in [0.1, 0.15) is 44.3 Å². The molecular formula is C10H17N3OS. The molecule has 0 bridgehead atoms. The minimum atomic E-state index is -0.275. The van der Waals surface area contributed by atoms with Crippen LogP contribution in [0.15, 0.2) is 0 Å². The second-order valence-corrected chi connectivity index (χ2v) is 4.81. The van der Waals surface area contributed by atoms with Crippen molar-refractivity contribution in [2.24, 2.45) is 0 Å². The van der Waals surface area contributed by atoms with Gasteiger partial charge < -0.3 is 10.4 Å². The third-order valence-electron chi connectivity index (χ3n) is 2.50. The Morgan fingerprint density at radius 3 is 3.07 bits per heavy atom. The molecule has 1 unspecified atom stereocenters. The lowest BCUT2D eigenvalue weighted by Crippen LogP contribution is -2.18. The van der Waals surface area contributed by atoms with Gasteiger partial charge in [-0.1, -0.05) is 13.3 Å². The van der Waals surface area contributed by atoms with E-state index in [1.54, 1.807) is 0 Å². The number of rotatable bonds is 6. The maximum absolute atomic E-state index is 9.53. The Morgan fingerprint density at radius 1 is 1.60 bits per heavy atom. The van der Waals surface area contributed by atoms with Gasteiger partial charge in [0.05, 0.1) is 6.10 Å². The van der Waals surface area contributed by atoms with Gasteiger partial charge in [0.2, 0.25) is 5.13 Å². The Morgan fingerprint density at radius 2 is 2.40 bits per heavy atom. The first kappa shape index (κ1) is 10.8. The Hall–Kier alpha value is -0.680. The van der Waals surface area contributed by atoms with Crippen LogP contribution in [0.5, 0.6) is 0 Å². The first-order valence-electron chi connectivity index (χ1n) is 5.55. The lowest BCUT2D eigenvalue weighted by Gasteiger charge is -2.08. The van der Waals surface area contributed by atoms with E-state index in [-0.39, 0.29) is 6.10 Å². The van der Waals surface area contributed by atoms with Crippen molar-refractivity contribution in [1.82, 2.24) is 9.36 Å². The zero-order valence-corrected chi connectivity index (χ0v) is 9.76. The minimum absolute atomic E-state index is 0.275. The molecule has 0 aliphatic heterocycles. The molecule has 1 aromatic rings. The van der Waals surface area contributed by atoms with E-state index in [0.717, 1.165) is 23.8 Å². The normalized spacial score (nSPS) is 17.7. The Labute approximate surface area is 93.9 Å². The molecule has 2 N–H and O–H groups in total. The smallest absolute Gasteiger partial charge is 0.202 e. The van der Waals surface area contributed by atoms with Crippen LogP contribution >= 0.6 is 11.5 Å². The maximum Gasteiger partial charge on any atom is 0.202 e. The zero-order chi connectivity index (χ0) is 10.7. The number of hydrogen-bond donors (Lipinski definition) is 2. The van der Waals surface area contributed by atoms with Gasteiger partial charge in [0, 0.05) is 24.0 Å². The summed E-state index contributed by atoms with van der Waals surface area (Å²) in [7, 11) is 0. The van der Waals surface area contributed by atoms with Crippen LogP contribution in [0.25, 0.3) is 0 Å². The molecule has 1 heterocycles. The van der Waals surface area contributed by atoms with Gasteiger partial charge in [-0.05, 0) is 19.3 Å². The molecule has 5 heteroatoms. The summed E-state index contributed by atoms with van der Waals surface area (Å²) in [6.45, 7) is 2.65. The van der Waals surface area contributed by atoms with E-state index in [1.165, 1.54) is 24.4 Å². The zero-order valence-electron chi connectivity index (χ0n) is 8.94. The van der Waals surface area contributed by atoms with E-state index in [4.69, 9.17) is 0 Å². The molecule has 0 radical (unpaired) electrons. The van der Waals surface area contributed by atoms with Gasteiger partial charge in [-0.3, -0.25) is 0 Å². The summed E-state index contributed by atoms with van der Waals surface area (Å²) in [5.41, 5.74) is 0. The van der Waals surface area contributed by atoms with Crippen LogP contribution in [0, 0.1) is 0 Å². The number of aromatic nitrogens is 2. The molecule has 1 aliphatic carbocycles. The van der Waals surface area contributed by atoms with Crippen molar-refractivity contribution in [3.63, 3.8) is 0 Å². The summed E-state index contributed by atoms with van der Waals surface area (Å²) in [6, 6.07) is 0. The average molecular weight is 227 g/mol. The molecule has 1 atom stereocenters. The van der Waals surface area contributed by atoms with Gasteiger partial charge in [-0.25, -0.2) is 4.98 Å². The molecule has 1 aliphatic rings. The van der Waals surface area contributed by atoms with E-state index < -0.39 is 0 Å². The molecule has 0 saturated heterocycles. The maximum atomic E-state index is 9.53. The molecule has 1 aromatic heterocycles. The highest BCUT2D eigenvalue weighted by atomic mass is 32.1. The Balaban J connectivity index is 1.77. The van der Waals surface area contributed by atoms with Gasteiger partial charge in [0.25, 0.3) is 0 Å². The van der Waals surface area contributed by atoms with E-state index >= 15 is 0 Å². The van der Waals surface area contributed by atoms with Crippen molar-refractivity contribution in [3.8, 4) is 0 Å². The number of anilines is 1. The molecule has 0 amide bonds. The molecule has 1 saturated carbocycles. The molecular weight excluding hydrogens is 210 g/mol. The van der Waals surface area contributed by atoms with Crippen molar-refractivity contribution < 1.29 is 5.11 Å². The SMILES string of the molecule is CCCC(O)CNc1nc(C2CC2)ns1. The number of aliphatic hydroxyl groups excluding tert-OH is 1. The Kier molecular flexibility index (Phi) is 3.53. The van der Waals surface area contributed by atoms with Gasteiger partial charge >= 0.3 is 0 Å². The molecule has 1 fully saturated rings. The lowest BCUT2D eigenvalue weighted by molar-refractivity contribution is 0.176. The van der Waals surface area contributed by atoms with Crippen molar-refractivity contribution in [2.45, 2.75) is 44.6 Å². The highest BCUT2D eigenvalue weighted by Gasteiger charge is 2.27. The summed E-state index contributed by atoms with van der Waals surface area (Å²) in [6.07, 6.45) is 4.03. The van der Waals surface area contributed by atoms with E-state index in [0.29, 0.717) is 12.5 Å². The Bertz CT molecular complexity index is 311. The second-order valence-electron chi connectivity index (χ2n) is 4.06. The van der Waals surface area contributed by atoms with E-state index in [9.17, 15) is 5.11 Å². The summed E-state index contributed by atoms with van der Waals surface area (Å²) in [5, 5.41) is 13.5. The fraction of sp³-hybridized carbons (Fsp3) is 0.800. The summed E-state index contributed by atoms with van der Waals surface area (Å²) in [4.78, 5) is 4.39. The fourth-order valence-corrected chi connectivity index (χ4v) is 2.11. The summed E-state index contributed by atoms with van der Waals surface area (Å²) < 4.78 is 4.29. The monoisotopic (exact) mass is 227 g/mol. The van der Waals surface area contributed by atoms with Crippen molar-refractivity contribution in [2.75, 3.05) is 11.9 Å². The third-order valence-corrected chi connectivity index (χ3v) is 3.18. The summed E-state index contributed by atoms with van der Waals surface area (Å²) in [5.74, 6) is 1.59. The van der Waals surface area contributed by atoms with Gasteiger partial charge in [0.1, 0.15) is 5.82 Å². The first-order valence-corrected chi connectivity index (χ1v) is 6.32. The second kappa shape index (κ2) is 4.90. The highest BCUT2D eigenvalue weighted by molar-refractivity contribution is 7.09. The van der Waals surface area contributed by atoms with Gasteiger partial charge in [-0.15, -0.1) is 0 Å². The topological polar surface area (TPSA) is 58.0 Å². The van der Waals surface area contributed by atoms with Crippen LogP contribution in [0.3, 0.4) is 0 Å². The minimum Gasteiger partial charge on any atom is -0.391 e. The van der Waals surface area contributed by atoms with Gasteiger partial charge in [0.15, 0.2) is 0 Å². The third kappa shape index (κ3) is 3.14. The van der Waals surface area contributed by atoms with Crippen LogP contribution in [0.2, 0.25) is 0 Å². The van der Waals surface area contributed by atoms with Crippen molar-refractivity contribution in [3.05, 3.63) is 5.82 Å².